The summed E-state index contributed by atoms with van der Waals surface area (Å²) in [5, 5.41) is 12.7. The number of thioether (sulfide) groups is 1. The van der Waals surface area contributed by atoms with Gasteiger partial charge < -0.3 is 14.6 Å². The largest absolute Gasteiger partial charge is 0.483 e. The molecular weight excluding hydrogens is 443 g/mol. The van der Waals surface area contributed by atoms with Crippen LogP contribution in [0.5, 0.6) is 5.75 Å². The van der Waals surface area contributed by atoms with E-state index < -0.39 is 0 Å². The van der Waals surface area contributed by atoms with Crippen molar-refractivity contribution in [3.05, 3.63) is 63.4 Å². The van der Waals surface area contributed by atoms with Gasteiger partial charge >= 0.3 is 0 Å². The molecule has 0 aliphatic rings. The van der Waals surface area contributed by atoms with E-state index in [4.69, 9.17) is 27.9 Å². The molecule has 0 radical (unpaired) electrons. The van der Waals surface area contributed by atoms with Crippen LogP contribution in [0.2, 0.25) is 10.0 Å². The van der Waals surface area contributed by atoms with E-state index in [9.17, 15) is 4.79 Å². The summed E-state index contributed by atoms with van der Waals surface area (Å²) >= 11 is 13.3. The summed E-state index contributed by atoms with van der Waals surface area (Å²) in [5.41, 5.74) is 2.79. The molecule has 3 aromatic rings. The molecule has 0 fully saturated rings. The van der Waals surface area contributed by atoms with Gasteiger partial charge in [0.25, 0.3) is 0 Å². The summed E-state index contributed by atoms with van der Waals surface area (Å²) in [6.45, 7) is 5.99. The van der Waals surface area contributed by atoms with Crippen LogP contribution in [0.25, 0.3) is 0 Å². The minimum atomic E-state index is -0.292. The minimum Gasteiger partial charge on any atom is -0.483 e. The molecule has 0 spiro atoms. The number of carbonyl (C=O) groups is 1. The Kier molecular flexibility index (Phi) is 7.28. The molecule has 1 amide bonds. The fourth-order valence-electron chi connectivity index (χ4n) is 2.97. The van der Waals surface area contributed by atoms with Gasteiger partial charge in [-0.3, -0.25) is 4.79 Å². The number of aromatic nitrogens is 3. The fourth-order valence-corrected chi connectivity index (χ4v) is 4.14. The van der Waals surface area contributed by atoms with E-state index in [0.29, 0.717) is 26.7 Å². The molecule has 0 saturated carbocycles. The molecule has 0 bridgehead atoms. The number of ether oxygens (including phenoxy) is 1. The van der Waals surface area contributed by atoms with E-state index in [1.54, 1.807) is 18.2 Å². The van der Waals surface area contributed by atoms with Crippen molar-refractivity contribution in [3.63, 3.8) is 0 Å². The van der Waals surface area contributed by atoms with Crippen molar-refractivity contribution >= 4 is 46.6 Å². The standard InChI is InChI=1S/C21H22Cl2N4O2S/c1-12-7-13(2)9-16(8-12)29-14(3)20-25-26-21(27(20)4)30-11-19(28)24-18-6-5-15(22)10-17(18)23/h5-10,14H,11H2,1-4H3,(H,24,28). The Balaban J connectivity index is 1.61. The molecule has 2 aromatic carbocycles. The third kappa shape index (κ3) is 5.68. The third-order valence-corrected chi connectivity index (χ3v) is 5.85. The van der Waals surface area contributed by atoms with Crippen LogP contribution >= 0.6 is 35.0 Å². The van der Waals surface area contributed by atoms with Gasteiger partial charge in [0.05, 0.1) is 16.5 Å². The van der Waals surface area contributed by atoms with Crippen LogP contribution in [0.4, 0.5) is 5.69 Å². The lowest BCUT2D eigenvalue weighted by Crippen LogP contribution is -2.15. The van der Waals surface area contributed by atoms with Crippen molar-refractivity contribution < 1.29 is 9.53 Å². The van der Waals surface area contributed by atoms with Gasteiger partial charge in [0.15, 0.2) is 17.1 Å². The van der Waals surface area contributed by atoms with E-state index in [1.807, 2.05) is 44.5 Å². The van der Waals surface area contributed by atoms with Crippen LogP contribution in [0, 0.1) is 13.8 Å². The number of halogens is 2. The predicted molar refractivity (Wildman–Crippen MR) is 122 cm³/mol. The molecular formula is C21H22Cl2N4O2S. The number of hydrogen-bond acceptors (Lipinski definition) is 5. The molecule has 0 aliphatic carbocycles. The maximum atomic E-state index is 12.3. The third-order valence-electron chi connectivity index (χ3n) is 4.28. The number of rotatable bonds is 7. The average Bonchev–Trinajstić information content (AvgIpc) is 3.02. The van der Waals surface area contributed by atoms with Gasteiger partial charge in [-0.2, -0.15) is 0 Å². The maximum absolute atomic E-state index is 12.3. The Morgan fingerprint density at radius 3 is 2.53 bits per heavy atom. The maximum Gasteiger partial charge on any atom is 0.234 e. The summed E-state index contributed by atoms with van der Waals surface area (Å²) in [6.07, 6.45) is -0.292. The first kappa shape index (κ1) is 22.5. The fraction of sp³-hybridized carbons (Fsp3) is 0.286. The molecule has 1 N–H and O–H groups in total. The zero-order chi connectivity index (χ0) is 21.8. The quantitative estimate of drug-likeness (QED) is 0.460. The Labute approximate surface area is 189 Å². The molecule has 6 nitrogen and oxygen atoms in total. The summed E-state index contributed by atoms with van der Waals surface area (Å²) < 4.78 is 7.88. The number of nitrogens with zero attached hydrogens (tertiary/aromatic N) is 3. The number of anilines is 1. The lowest BCUT2D eigenvalue weighted by atomic mass is 10.1. The van der Waals surface area contributed by atoms with Crippen molar-refractivity contribution in [2.75, 3.05) is 11.1 Å². The molecule has 1 atom stereocenters. The Bertz CT molecular complexity index is 1050. The van der Waals surface area contributed by atoms with Crippen LogP contribution in [-0.2, 0) is 11.8 Å². The molecule has 9 heteroatoms. The second-order valence-electron chi connectivity index (χ2n) is 6.94. The highest BCUT2D eigenvalue weighted by Gasteiger charge is 2.18. The highest BCUT2D eigenvalue weighted by molar-refractivity contribution is 7.99. The number of carbonyl (C=O) groups excluding carboxylic acids is 1. The second-order valence-corrected chi connectivity index (χ2v) is 8.73. The Morgan fingerprint density at radius 2 is 1.87 bits per heavy atom. The predicted octanol–water partition coefficient (Wildman–Crippen LogP) is 5.61. The number of benzene rings is 2. The van der Waals surface area contributed by atoms with Crippen molar-refractivity contribution in [2.45, 2.75) is 32.0 Å². The van der Waals surface area contributed by atoms with Crippen LogP contribution < -0.4 is 10.1 Å². The van der Waals surface area contributed by atoms with Gasteiger partial charge in [-0.15, -0.1) is 10.2 Å². The van der Waals surface area contributed by atoms with Gasteiger partial charge in [-0.25, -0.2) is 0 Å². The Morgan fingerprint density at radius 1 is 1.17 bits per heavy atom. The molecule has 0 aliphatic heterocycles. The first-order valence-electron chi connectivity index (χ1n) is 9.25. The topological polar surface area (TPSA) is 69.0 Å². The minimum absolute atomic E-state index is 0.164. The lowest BCUT2D eigenvalue weighted by Gasteiger charge is -2.15. The van der Waals surface area contributed by atoms with Crippen molar-refractivity contribution in [1.29, 1.82) is 0 Å². The SMILES string of the molecule is Cc1cc(C)cc(OC(C)c2nnc(SCC(=O)Nc3ccc(Cl)cc3Cl)n2C)c1. The first-order valence-corrected chi connectivity index (χ1v) is 11.0. The molecule has 1 heterocycles. The van der Waals surface area contributed by atoms with E-state index in [2.05, 4.69) is 21.6 Å². The van der Waals surface area contributed by atoms with E-state index in [0.717, 1.165) is 16.9 Å². The second kappa shape index (κ2) is 9.73. The van der Waals surface area contributed by atoms with E-state index >= 15 is 0 Å². The van der Waals surface area contributed by atoms with Gasteiger partial charge in [-0.1, -0.05) is 41.0 Å². The average molecular weight is 465 g/mol. The van der Waals surface area contributed by atoms with Crippen LogP contribution in [0.3, 0.4) is 0 Å². The van der Waals surface area contributed by atoms with Crippen molar-refractivity contribution in [3.8, 4) is 5.75 Å². The van der Waals surface area contributed by atoms with Crippen molar-refractivity contribution in [2.24, 2.45) is 7.05 Å². The van der Waals surface area contributed by atoms with Crippen LogP contribution in [0.1, 0.15) is 30.0 Å². The van der Waals surface area contributed by atoms with E-state index in [-0.39, 0.29) is 17.8 Å². The van der Waals surface area contributed by atoms with Gasteiger partial charge in [0.1, 0.15) is 5.75 Å². The molecule has 158 valence electrons. The smallest absolute Gasteiger partial charge is 0.234 e. The van der Waals surface area contributed by atoms with Crippen LogP contribution in [-0.4, -0.2) is 26.4 Å². The van der Waals surface area contributed by atoms with Crippen molar-refractivity contribution in [1.82, 2.24) is 14.8 Å². The monoisotopic (exact) mass is 464 g/mol. The number of aryl methyl sites for hydroxylation is 2. The van der Waals surface area contributed by atoms with Gasteiger partial charge in [0.2, 0.25) is 5.91 Å². The van der Waals surface area contributed by atoms with E-state index in [1.165, 1.54) is 11.8 Å². The molecule has 3 rings (SSSR count). The number of nitrogens with one attached hydrogen (secondary N) is 1. The first-order chi connectivity index (χ1) is 14.2. The molecule has 30 heavy (non-hydrogen) atoms. The zero-order valence-electron chi connectivity index (χ0n) is 17.1. The lowest BCUT2D eigenvalue weighted by molar-refractivity contribution is -0.113. The molecule has 1 unspecified atom stereocenters. The summed E-state index contributed by atoms with van der Waals surface area (Å²) in [7, 11) is 1.85. The zero-order valence-corrected chi connectivity index (χ0v) is 19.4. The highest BCUT2D eigenvalue weighted by Crippen LogP contribution is 2.27. The summed E-state index contributed by atoms with van der Waals surface area (Å²) in [5.74, 6) is 1.43. The normalized spacial score (nSPS) is 11.9. The van der Waals surface area contributed by atoms with Crippen LogP contribution in [0.15, 0.2) is 41.6 Å². The molecule has 0 saturated heterocycles. The van der Waals surface area contributed by atoms with Gasteiger partial charge in [0, 0.05) is 12.1 Å². The summed E-state index contributed by atoms with van der Waals surface area (Å²) in [6, 6.07) is 11.0. The van der Waals surface area contributed by atoms with Gasteiger partial charge in [-0.05, 0) is 62.2 Å². The highest BCUT2D eigenvalue weighted by atomic mass is 35.5. The summed E-state index contributed by atoms with van der Waals surface area (Å²) in [4.78, 5) is 12.3. The Hall–Kier alpha value is -2.22. The number of hydrogen-bond donors (Lipinski definition) is 1. The number of amides is 1. The molecule has 1 aromatic heterocycles.